The van der Waals surface area contributed by atoms with Crippen molar-refractivity contribution >= 4 is 11.6 Å². The van der Waals surface area contributed by atoms with Crippen molar-refractivity contribution in [2.24, 2.45) is 0 Å². The molecule has 4 rings (SSSR count). The van der Waals surface area contributed by atoms with Crippen LogP contribution < -0.4 is 9.64 Å². The summed E-state index contributed by atoms with van der Waals surface area (Å²) >= 11 is 0. The molecule has 1 aromatic rings. The molecule has 1 aliphatic heterocycles. The maximum atomic E-state index is 12.7. The number of amides is 1. The first-order valence-electron chi connectivity index (χ1n) is 9.11. The second-order valence-corrected chi connectivity index (χ2v) is 6.50. The number of carbonyl (C=O) groups excluding carboxylic acids is 1. The monoisotopic (exact) mass is 419 g/mol. The molecule has 146 valence electrons. The molecular weight excluding hydrogens is 394 g/mol. The first-order valence-corrected chi connectivity index (χ1v) is 9.11. The Hall–Kier alpha value is -1.03. The largest absolute Gasteiger partial charge is 2.00 e. The van der Waals surface area contributed by atoms with E-state index in [0.29, 0.717) is 6.61 Å². The summed E-state index contributed by atoms with van der Waals surface area (Å²) in [4.78, 5) is 14.5. The van der Waals surface area contributed by atoms with E-state index < -0.39 is 5.60 Å². The summed E-state index contributed by atoms with van der Waals surface area (Å²) in [6, 6.07) is 7.42. The summed E-state index contributed by atoms with van der Waals surface area (Å²) in [6.45, 7) is 4.29. The number of benzene rings is 1. The SMILES string of the molecule is CCO[C@@]1(C)C(=O)N(c2ccc(OC)cc2)[C@H]1[C]1[CH][CH][CH][CH]1.[CH]1[CH][CH][CH][CH]1.[Fe+2]. The second kappa shape index (κ2) is 10.7. The summed E-state index contributed by atoms with van der Waals surface area (Å²) in [5, 5.41) is 0. The van der Waals surface area contributed by atoms with E-state index in [0.717, 1.165) is 17.4 Å². The van der Waals surface area contributed by atoms with Gasteiger partial charge in [-0.25, -0.2) is 0 Å². The van der Waals surface area contributed by atoms with Crippen molar-refractivity contribution in [3.8, 4) is 5.75 Å². The zero-order valence-corrected chi connectivity index (χ0v) is 17.4. The van der Waals surface area contributed by atoms with E-state index in [1.54, 1.807) is 12.0 Å². The van der Waals surface area contributed by atoms with Gasteiger partial charge in [-0.2, -0.15) is 0 Å². The zero-order chi connectivity index (χ0) is 19.3. The fourth-order valence-corrected chi connectivity index (χ4v) is 3.46. The van der Waals surface area contributed by atoms with Gasteiger partial charge in [-0.1, -0.05) is 0 Å². The molecule has 0 unspecified atom stereocenters. The Balaban J connectivity index is 0.000000408. The number of nitrogens with zero attached hydrogens (tertiary/aromatic N) is 1. The van der Waals surface area contributed by atoms with Crippen molar-refractivity contribution in [1.82, 2.24) is 0 Å². The number of carbonyl (C=O) groups is 1. The molecule has 3 aliphatic rings. The molecule has 1 saturated heterocycles. The van der Waals surface area contributed by atoms with Crippen LogP contribution in [0, 0.1) is 63.7 Å². The molecule has 5 heteroatoms. The summed E-state index contributed by atoms with van der Waals surface area (Å²) in [7, 11) is 1.63. The third-order valence-electron chi connectivity index (χ3n) is 4.78. The number of anilines is 1. The maximum absolute atomic E-state index is 12.7. The van der Waals surface area contributed by atoms with E-state index in [-0.39, 0.29) is 29.0 Å². The molecule has 1 heterocycles. The fraction of sp³-hybridized carbons (Fsp3) is 0.261. The van der Waals surface area contributed by atoms with Crippen LogP contribution >= 0.6 is 0 Å². The number of β-lactam (4-membered cyclic amide) rings is 1. The average Bonchev–Trinajstić information content (AvgIpc) is 3.42. The third-order valence-corrected chi connectivity index (χ3v) is 4.78. The normalized spacial score (nSPS) is 26.9. The minimum absolute atomic E-state index is 0. The number of hydrogen-bond donors (Lipinski definition) is 0. The third kappa shape index (κ3) is 4.75. The number of methoxy groups -OCH3 is 1. The second-order valence-electron chi connectivity index (χ2n) is 6.50. The van der Waals surface area contributed by atoms with Crippen LogP contribution in [-0.2, 0) is 26.6 Å². The summed E-state index contributed by atoms with van der Waals surface area (Å²) < 4.78 is 11.0. The summed E-state index contributed by atoms with van der Waals surface area (Å²) in [5.74, 6) is 1.85. The molecule has 0 bridgehead atoms. The number of hydrogen-bond acceptors (Lipinski definition) is 3. The van der Waals surface area contributed by atoms with Crippen LogP contribution in [0.25, 0.3) is 0 Å². The molecule has 2 saturated carbocycles. The van der Waals surface area contributed by atoms with Crippen LogP contribution in [0.3, 0.4) is 0 Å². The Morgan fingerprint density at radius 3 is 1.96 bits per heavy atom. The van der Waals surface area contributed by atoms with Gasteiger partial charge in [-0.15, -0.1) is 0 Å². The minimum Gasteiger partial charge on any atom is -0.497 e. The smallest absolute Gasteiger partial charge is 0.497 e. The molecule has 0 aromatic heterocycles. The van der Waals surface area contributed by atoms with Crippen LogP contribution in [0.5, 0.6) is 5.75 Å². The molecule has 2 atom stereocenters. The van der Waals surface area contributed by atoms with Crippen LogP contribution in [0.1, 0.15) is 13.8 Å². The van der Waals surface area contributed by atoms with E-state index in [1.165, 1.54) is 0 Å². The summed E-state index contributed by atoms with van der Waals surface area (Å²) in [6.07, 6.45) is 18.0. The average molecular weight is 419 g/mol. The van der Waals surface area contributed by atoms with Gasteiger partial charge < -0.3 is 14.4 Å². The number of rotatable bonds is 5. The van der Waals surface area contributed by atoms with E-state index in [1.807, 2.05) is 95.9 Å². The Morgan fingerprint density at radius 2 is 1.50 bits per heavy atom. The standard InChI is InChI=1S/C18H20NO3.C5H5.Fe/c1-4-22-18(2)16(13-7-5-6-8-13)19(17(18)20)14-9-11-15(21-3)12-10-14;1-2-4-5-3-1;/h5-12,16H,4H2,1-3H3;1-5H;/q;;+2/t16-,18+;;/m0../s1. The van der Waals surface area contributed by atoms with E-state index in [9.17, 15) is 4.79 Å². The van der Waals surface area contributed by atoms with Crippen LogP contribution in [-0.4, -0.2) is 31.3 Å². The van der Waals surface area contributed by atoms with E-state index >= 15 is 0 Å². The van der Waals surface area contributed by atoms with Crippen molar-refractivity contribution in [2.45, 2.75) is 25.5 Å². The van der Waals surface area contributed by atoms with Crippen LogP contribution in [0.2, 0.25) is 0 Å². The minimum atomic E-state index is -0.803. The number of ether oxygens (including phenoxy) is 2. The zero-order valence-electron chi connectivity index (χ0n) is 16.3. The van der Waals surface area contributed by atoms with Gasteiger partial charge in [0.1, 0.15) is 5.75 Å². The van der Waals surface area contributed by atoms with Gasteiger partial charge in [-0.3, -0.25) is 4.79 Å². The van der Waals surface area contributed by atoms with Crippen molar-refractivity contribution < 1.29 is 31.3 Å². The van der Waals surface area contributed by atoms with E-state index in [2.05, 4.69) is 0 Å². The predicted octanol–water partition coefficient (Wildman–Crippen LogP) is 3.63. The topological polar surface area (TPSA) is 38.8 Å². The van der Waals surface area contributed by atoms with Crippen LogP contribution in [0.4, 0.5) is 5.69 Å². The quantitative estimate of drug-likeness (QED) is 0.541. The van der Waals surface area contributed by atoms with Crippen molar-refractivity contribution in [2.75, 3.05) is 18.6 Å². The fourth-order valence-electron chi connectivity index (χ4n) is 3.46. The van der Waals surface area contributed by atoms with E-state index in [4.69, 9.17) is 9.47 Å². The van der Waals surface area contributed by atoms with Gasteiger partial charge in [0.05, 0.1) is 13.2 Å². The molecule has 0 spiro atoms. The maximum Gasteiger partial charge on any atom is 2.00 e. The van der Waals surface area contributed by atoms with Gasteiger partial charge in [0, 0.05) is 18.2 Å². The van der Waals surface area contributed by atoms with Crippen molar-refractivity contribution in [3.05, 3.63) is 88.0 Å². The predicted molar refractivity (Wildman–Crippen MR) is 106 cm³/mol. The van der Waals surface area contributed by atoms with Crippen molar-refractivity contribution in [1.29, 1.82) is 0 Å². The van der Waals surface area contributed by atoms with Gasteiger partial charge in [0.15, 0.2) is 5.60 Å². The molecule has 0 N–H and O–H groups in total. The molecule has 28 heavy (non-hydrogen) atoms. The molecule has 1 amide bonds. The van der Waals surface area contributed by atoms with Gasteiger partial charge in [-0.05, 0) is 95.9 Å². The van der Waals surface area contributed by atoms with Gasteiger partial charge >= 0.3 is 17.1 Å². The van der Waals surface area contributed by atoms with Crippen LogP contribution in [0.15, 0.2) is 24.3 Å². The first kappa shape index (κ1) is 23.3. The molecule has 1 aromatic carbocycles. The molecule has 4 nitrogen and oxygen atoms in total. The molecule has 2 aliphatic carbocycles. The van der Waals surface area contributed by atoms with Gasteiger partial charge in [0.2, 0.25) is 0 Å². The first-order chi connectivity index (χ1) is 13.1. The Bertz CT molecular complexity index is 603. The molecule has 10 radical (unpaired) electrons. The Labute approximate surface area is 180 Å². The molecule has 3 fully saturated rings. The van der Waals surface area contributed by atoms with Crippen molar-refractivity contribution in [3.63, 3.8) is 0 Å². The Morgan fingerprint density at radius 1 is 0.964 bits per heavy atom. The summed E-state index contributed by atoms with van der Waals surface area (Å²) in [5.41, 5.74) is 0.0532. The molecular formula is C23H25FeNO3+2. The van der Waals surface area contributed by atoms with Gasteiger partial charge in [0.25, 0.3) is 5.91 Å². The Kier molecular flexibility index (Phi) is 8.85.